The van der Waals surface area contributed by atoms with Crippen LogP contribution >= 0.6 is 0 Å². The summed E-state index contributed by atoms with van der Waals surface area (Å²) in [5, 5.41) is 3.46. The third-order valence-electron chi connectivity index (χ3n) is 4.00. The average molecular weight is 269 g/mol. The number of hydrogen-bond donors (Lipinski definition) is 1. The fourth-order valence-electron chi connectivity index (χ4n) is 2.85. The van der Waals surface area contributed by atoms with Crippen LogP contribution in [0.4, 0.5) is 4.39 Å². The summed E-state index contributed by atoms with van der Waals surface area (Å²) >= 11 is 0. The fraction of sp³-hybridized carbons (Fsp3) is 0.333. The van der Waals surface area contributed by atoms with Crippen LogP contribution in [-0.2, 0) is 25.8 Å². The Morgan fingerprint density at radius 2 is 1.65 bits per heavy atom. The van der Waals surface area contributed by atoms with Gasteiger partial charge in [0.25, 0.3) is 0 Å². The van der Waals surface area contributed by atoms with Gasteiger partial charge in [-0.05, 0) is 66.6 Å². The molecule has 20 heavy (non-hydrogen) atoms. The van der Waals surface area contributed by atoms with Gasteiger partial charge in [-0.25, -0.2) is 4.39 Å². The van der Waals surface area contributed by atoms with E-state index < -0.39 is 0 Å². The van der Waals surface area contributed by atoms with Crippen molar-refractivity contribution >= 4 is 0 Å². The summed E-state index contributed by atoms with van der Waals surface area (Å²) in [6.07, 6.45) is 4.72. The van der Waals surface area contributed by atoms with Gasteiger partial charge in [0.1, 0.15) is 5.82 Å². The fourth-order valence-corrected chi connectivity index (χ4v) is 2.85. The normalized spacial score (nSPS) is 13.4. The molecule has 0 aromatic heterocycles. The Bertz CT molecular complexity index is 574. The number of nitrogens with one attached hydrogen (secondary N) is 1. The number of fused-ring (bicyclic) bond motifs is 1. The lowest BCUT2D eigenvalue weighted by Gasteiger charge is -2.07. The third kappa shape index (κ3) is 3.26. The maximum Gasteiger partial charge on any atom is 0.123 e. The van der Waals surface area contributed by atoms with Crippen LogP contribution in [0.25, 0.3) is 0 Å². The Hall–Kier alpha value is -1.67. The molecule has 0 saturated heterocycles. The second-order valence-electron chi connectivity index (χ2n) is 5.51. The highest BCUT2D eigenvalue weighted by atomic mass is 19.1. The Morgan fingerprint density at radius 1 is 0.900 bits per heavy atom. The van der Waals surface area contributed by atoms with Crippen molar-refractivity contribution in [3.63, 3.8) is 0 Å². The molecule has 0 atom stereocenters. The molecule has 1 N–H and O–H groups in total. The monoisotopic (exact) mass is 269 g/mol. The second-order valence-corrected chi connectivity index (χ2v) is 5.51. The largest absolute Gasteiger partial charge is 0.312 e. The summed E-state index contributed by atoms with van der Waals surface area (Å²) < 4.78 is 12.8. The van der Waals surface area contributed by atoms with Gasteiger partial charge in [-0.1, -0.05) is 30.3 Å². The molecule has 0 bridgehead atoms. The standard InChI is InChI=1S/C18H20FN/c19-18-8-5-14(6-9-18)10-11-20-13-15-4-7-16-2-1-3-17(16)12-15/h4-9,12,20H,1-3,10-11,13H2. The van der Waals surface area contributed by atoms with Gasteiger partial charge < -0.3 is 5.32 Å². The van der Waals surface area contributed by atoms with Crippen LogP contribution in [0, 0.1) is 5.82 Å². The van der Waals surface area contributed by atoms with Gasteiger partial charge in [-0.2, -0.15) is 0 Å². The van der Waals surface area contributed by atoms with Crippen molar-refractivity contribution in [1.29, 1.82) is 0 Å². The molecule has 3 rings (SSSR count). The Kier molecular flexibility index (Phi) is 4.12. The summed E-state index contributed by atoms with van der Waals surface area (Å²) in [7, 11) is 0. The van der Waals surface area contributed by atoms with E-state index in [-0.39, 0.29) is 5.82 Å². The highest BCUT2D eigenvalue weighted by molar-refractivity contribution is 5.35. The molecule has 0 heterocycles. The molecule has 2 heteroatoms. The lowest BCUT2D eigenvalue weighted by Crippen LogP contribution is -2.16. The smallest absolute Gasteiger partial charge is 0.123 e. The molecule has 1 nitrogen and oxygen atoms in total. The van der Waals surface area contributed by atoms with E-state index in [1.807, 2.05) is 12.1 Å². The maximum absolute atomic E-state index is 12.8. The molecule has 2 aromatic rings. The van der Waals surface area contributed by atoms with Crippen molar-refractivity contribution in [1.82, 2.24) is 5.32 Å². The van der Waals surface area contributed by atoms with E-state index in [0.717, 1.165) is 19.5 Å². The summed E-state index contributed by atoms with van der Waals surface area (Å²) in [4.78, 5) is 0. The Morgan fingerprint density at radius 3 is 2.50 bits per heavy atom. The Labute approximate surface area is 119 Å². The zero-order valence-corrected chi connectivity index (χ0v) is 11.7. The summed E-state index contributed by atoms with van der Waals surface area (Å²) in [6.45, 7) is 1.83. The van der Waals surface area contributed by atoms with Crippen molar-refractivity contribution in [2.75, 3.05) is 6.54 Å². The predicted molar refractivity (Wildman–Crippen MR) is 80.3 cm³/mol. The van der Waals surface area contributed by atoms with Gasteiger partial charge >= 0.3 is 0 Å². The van der Waals surface area contributed by atoms with Crippen LogP contribution < -0.4 is 5.32 Å². The second kappa shape index (κ2) is 6.19. The average Bonchev–Trinajstić information content (AvgIpc) is 2.93. The van der Waals surface area contributed by atoms with E-state index in [0.29, 0.717) is 0 Å². The van der Waals surface area contributed by atoms with Crippen molar-refractivity contribution in [2.24, 2.45) is 0 Å². The quantitative estimate of drug-likeness (QED) is 0.817. The summed E-state index contributed by atoms with van der Waals surface area (Å²) in [5.41, 5.74) is 5.60. The molecule has 0 saturated carbocycles. The van der Waals surface area contributed by atoms with Crippen molar-refractivity contribution in [2.45, 2.75) is 32.2 Å². The molecule has 0 aliphatic heterocycles. The maximum atomic E-state index is 12.8. The molecular formula is C18H20FN. The first-order valence-corrected chi connectivity index (χ1v) is 7.37. The van der Waals surface area contributed by atoms with Crippen LogP contribution in [0.5, 0.6) is 0 Å². The number of rotatable bonds is 5. The lowest BCUT2D eigenvalue weighted by atomic mass is 10.1. The first-order valence-electron chi connectivity index (χ1n) is 7.37. The molecule has 1 aliphatic carbocycles. The van der Waals surface area contributed by atoms with E-state index in [1.165, 1.54) is 53.6 Å². The minimum atomic E-state index is -0.167. The van der Waals surface area contributed by atoms with E-state index in [4.69, 9.17) is 0 Å². The van der Waals surface area contributed by atoms with E-state index in [2.05, 4.69) is 23.5 Å². The topological polar surface area (TPSA) is 12.0 Å². The molecule has 104 valence electrons. The van der Waals surface area contributed by atoms with Gasteiger partial charge in [0.2, 0.25) is 0 Å². The van der Waals surface area contributed by atoms with Crippen LogP contribution in [0.15, 0.2) is 42.5 Å². The van der Waals surface area contributed by atoms with Gasteiger partial charge in [-0.15, -0.1) is 0 Å². The van der Waals surface area contributed by atoms with Gasteiger partial charge in [0.05, 0.1) is 0 Å². The summed E-state index contributed by atoms with van der Waals surface area (Å²) in [6, 6.07) is 13.6. The van der Waals surface area contributed by atoms with E-state index in [1.54, 1.807) is 0 Å². The summed E-state index contributed by atoms with van der Waals surface area (Å²) in [5.74, 6) is -0.167. The van der Waals surface area contributed by atoms with Crippen LogP contribution in [0.1, 0.15) is 28.7 Å². The molecule has 2 aromatic carbocycles. The van der Waals surface area contributed by atoms with Gasteiger partial charge in [0.15, 0.2) is 0 Å². The molecule has 0 unspecified atom stereocenters. The minimum Gasteiger partial charge on any atom is -0.312 e. The highest BCUT2D eigenvalue weighted by Crippen LogP contribution is 2.22. The third-order valence-corrected chi connectivity index (χ3v) is 4.00. The number of benzene rings is 2. The Balaban J connectivity index is 1.47. The minimum absolute atomic E-state index is 0.167. The zero-order chi connectivity index (χ0) is 13.8. The van der Waals surface area contributed by atoms with Gasteiger partial charge in [0, 0.05) is 6.54 Å². The van der Waals surface area contributed by atoms with Crippen molar-refractivity contribution in [3.8, 4) is 0 Å². The van der Waals surface area contributed by atoms with Crippen molar-refractivity contribution in [3.05, 3.63) is 70.5 Å². The van der Waals surface area contributed by atoms with Crippen LogP contribution in [0.2, 0.25) is 0 Å². The highest BCUT2D eigenvalue weighted by Gasteiger charge is 2.10. The van der Waals surface area contributed by atoms with Crippen molar-refractivity contribution < 1.29 is 4.39 Å². The number of hydrogen-bond acceptors (Lipinski definition) is 1. The van der Waals surface area contributed by atoms with E-state index >= 15 is 0 Å². The molecule has 0 amide bonds. The first-order chi connectivity index (χ1) is 9.81. The molecule has 0 radical (unpaired) electrons. The zero-order valence-electron chi connectivity index (χ0n) is 11.7. The van der Waals surface area contributed by atoms with Gasteiger partial charge in [-0.3, -0.25) is 0 Å². The van der Waals surface area contributed by atoms with E-state index in [9.17, 15) is 4.39 Å². The molecule has 0 fully saturated rings. The predicted octanol–water partition coefficient (Wildman–Crippen LogP) is 3.65. The van der Waals surface area contributed by atoms with Crippen LogP contribution in [0.3, 0.4) is 0 Å². The number of aryl methyl sites for hydroxylation is 2. The number of halogens is 1. The van der Waals surface area contributed by atoms with Crippen LogP contribution in [-0.4, -0.2) is 6.54 Å². The molecule has 1 aliphatic rings. The SMILES string of the molecule is Fc1ccc(CCNCc2ccc3c(c2)CCC3)cc1. The lowest BCUT2D eigenvalue weighted by molar-refractivity contribution is 0.626. The molecular weight excluding hydrogens is 249 g/mol. The first kappa shape index (κ1) is 13.3. The molecule has 0 spiro atoms.